The van der Waals surface area contributed by atoms with Crippen molar-refractivity contribution in [3.8, 4) is 0 Å². The molecule has 3 rings (SSSR count). The second kappa shape index (κ2) is 5.16. The summed E-state index contributed by atoms with van der Waals surface area (Å²) in [7, 11) is 0. The standard InChI is InChI=1S/C15H13ClN2O2S/c1-8-9(2)21-13-12(8)14(19)18(15(20)17-13)7-10-3-5-11(16)6-4-10/h3-6H,7H2,1-2H3,(H,17,20). The SMILES string of the molecule is Cc1sc2[nH]c(=O)n(Cc3ccc(Cl)cc3)c(=O)c2c1C. The molecule has 0 bridgehead atoms. The molecule has 0 amide bonds. The van der Waals surface area contributed by atoms with E-state index in [1.807, 2.05) is 26.0 Å². The lowest BCUT2D eigenvalue weighted by Crippen LogP contribution is -2.35. The first-order chi connectivity index (χ1) is 9.97. The number of fused-ring (bicyclic) bond motifs is 1. The van der Waals surface area contributed by atoms with E-state index >= 15 is 0 Å². The largest absolute Gasteiger partial charge is 0.329 e. The topological polar surface area (TPSA) is 54.9 Å². The van der Waals surface area contributed by atoms with Gasteiger partial charge in [-0.25, -0.2) is 4.79 Å². The molecule has 6 heteroatoms. The maximum atomic E-state index is 12.6. The summed E-state index contributed by atoms with van der Waals surface area (Å²) in [4.78, 5) is 29.2. The Morgan fingerprint density at radius 1 is 1.19 bits per heavy atom. The van der Waals surface area contributed by atoms with Crippen LogP contribution in [0.5, 0.6) is 0 Å². The van der Waals surface area contributed by atoms with Gasteiger partial charge in [0.25, 0.3) is 5.56 Å². The Labute approximate surface area is 129 Å². The van der Waals surface area contributed by atoms with E-state index in [1.54, 1.807) is 12.1 Å². The number of benzene rings is 1. The van der Waals surface area contributed by atoms with E-state index in [0.29, 0.717) is 15.2 Å². The van der Waals surface area contributed by atoms with Crippen molar-refractivity contribution >= 4 is 33.2 Å². The number of hydrogen-bond acceptors (Lipinski definition) is 3. The monoisotopic (exact) mass is 320 g/mol. The first-order valence-corrected chi connectivity index (χ1v) is 7.64. The predicted molar refractivity (Wildman–Crippen MR) is 86.7 cm³/mol. The molecule has 0 aliphatic rings. The lowest BCUT2D eigenvalue weighted by atomic mass is 10.2. The number of nitrogens with zero attached hydrogens (tertiary/aromatic N) is 1. The van der Waals surface area contributed by atoms with Crippen LogP contribution in [0, 0.1) is 13.8 Å². The molecule has 21 heavy (non-hydrogen) atoms. The van der Waals surface area contributed by atoms with Crippen molar-refractivity contribution in [3.05, 3.63) is 66.1 Å². The van der Waals surface area contributed by atoms with Crippen LogP contribution in [-0.4, -0.2) is 9.55 Å². The van der Waals surface area contributed by atoms with Gasteiger partial charge in [0.1, 0.15) is 4.83 Å². The number of rotatable bonds is 2. The molecule has 0 radical (unpaired) electrons. The normalized spacial score (nSPS) is 11.2. The van der Waals surface area contributed by atoms with Crippen LogP contribution >= 0.6 is 22.9 Å². The van der Waals surface area contributed by atoms with E-state index < -0.39 is 0 Å². The number of aromatic nitrogens is 2. The van der Waals surface area contributed by atoms with Crippen molar-refractivity contribution in [3.63, 3.8) is 0 Å². The molecule has 3 aromatic rings. The number of thiophene rings is 1. The molecule has 0 unspecified atom stereocenters. The lowest BCUT2D eigenvalue weighted by Gasteiger charge is -2.05. The van der Waals surface area contributed by atoms with E-state index in [-0.39, 0.29) is 17.8 Å². The van der Waals surface area contributed by atoms with Crippen LogP contribution in [0.15, 0.2) is 33.9 Å². The molecule has 2 heterocycles. The summed E-state index contributed by atoms with van der Waals surface area (Å²) in [5, 5.41) is 1.23. The van der Waals surface area contributed by atoms with Crippen LogP contribution in [-0.2, 0) is 6.54 Å². The van der Waals surface area contributed by atoms with Gasteiger partial charge in [-0.1, -0.05) is 23.7 Å². The van der Waals surface area contributed by atoms with Gasteiger partial charge in [-0.05, 0) is 37.1 Å². The lowest BCUT2D eigenvalue weighted by molar-refractivity contribution is 0.712. The van der Waals surface area contributed by atoms with Crippen LogP contribution in [0.4, 0.5) is 0 Å². The van der Waals surface area contributed by atoms with Gasteiger partial charge in [-0.15, -0.1) is 11.3 Å². The number of halogens is 1. The van der Waals surface area contributed by atoms with Crippen LogP contribution in [0.1, 0.15) is 16.0 Å². The highest BCUT2D eigenvalue weighted by molar-refractivity contribution is 7.18. The Hall–Kier alpha value is -1.85. The molecular weight excluding hydrogens is 308 g/mol. The Bertz CT molecular complexity index is 935. The first kappa shape index (κ1) is 14.1. The summed E-state index contributed by atoms with van der Waals surface area (Å²) in [6, 6.07) is 7.11. The molecule has 0 aliphatic heterocycles. The number of aromatic amines is 1. The van der Waals surface area contributed by atoms with Gasteiger partial charge in [-0.3, -0.25) is 14.3 Å². The van der Waals surface area contributed by atoms with Crippen LogP contribution in [0.3, 0.4) is 0 Å². The summed E-state index contributed by atoms with van der Waals surface area (Å²) in [6.45, 7) is 4.08. The molecule has 1 N–H and O–H groups in total. The number of nitrogens with one attached hydrogen (secondary N) is 1. The van der Waals surface area contributed by atoms with Crippen molar-refractivity contribution in [1.29, 1.82) is 0 Å². The second-order valence-electron chi connectivity index (χ2n) is 4.94. The molecule has 0 aliphatic carbocycles. The van der Waals surface area contributed by atoms with E-state index in [1.165, 1.54) is 15.9 Å². The maximum Gasteiger partial charge on any atom is 0.329 e. The van der Waals surface area contributed by atoms with Crippen molar-refractivity contribution in [2.24, 2.45) is 0 Å². The molecule has 2 aromatic heterocycles. The van der Waals surface area contributed by atoms with Gasteiger partial charge < -0.3 is 0 Å². The van der Waals surface area contributed by atoms with Gasteiger partial charge in [0, 0.05) is 9.90 Å². The summed E-state index contributed by atoms with van der Waals surface area (Å²) >= 11 is 7.28. The van der Waals surface area contributed by atoms with E-state index in [0.717, 1.165) is 16.0 Å². The highest BCUT2D eigenvalue weighted by Crippen LogP contribution is 2.24. The third-order valence-corrected chi connectivity index (χ3v) is 4.94. The molecule has 0 saturated heterocycles. The van der Waals surface area contributed by atoms with Crippen LogP contribution in [0.25, 0.3) is 10.2 Å². The molecule has 0 spiro atoms. The number of H-pyrrole nitrogens is 1. The summed E-state index contributed by atoms with van der Waals surface area (Å²) in [6.07, 6.45) is 0. The molecule has 4 nitrogen and oxygen atoms in total. The minimum atomic E-state index is -0.385. The minimum absolute atomic E-state index is 0.232. The third kappa shape index (κ3) is 2.43. The number of hydrogen-bond donors (Lipinski definition) is 1. The van der Waals surface area contributed by atoms with Crippen LogP contribution in [0.2, 0.25) is 5.02 Å². The summed E-state index contributed by atoms with van der Waals surface area (Å²) < 4.78 is 1.23. The first-order valence-electron chi connectivity index (χ1n) is 6.44. The zero-order chi connectivity index (χ0) is 15.1. The fraction of sp³-hybridized carbons (Fsp3) is 0.200. The minimum Gasteiger partial charge on any atom is -0.298 e. The second-order valence-corrected chi connectivity index (χ2v) is 6.60. The van der Waals surface area contributed by atoms with Crippen molar-refractivity contribution in [2.45, 2.75) is 20.4 Å². The summed E-state index contributed by atoms with van der Waals surface area (Å²) in [5.41, 5.74) is 1.16. The van der Waals surface area contributed by atoms with E-state index in [9.17, 15) is 9.59 Å². The quantitative estimate of drug-likeness (QED) is 0.789. The molecular formula is C15H13ClN2O2S. The molecule has 1 aromatic carbocycles. The zero-order valence-electron chi connectivity index (χ0n) is 11.6. The van der Waals surface area contributed by atoms with Crippen molar-refractivity contribution in [2.75, 3.05) is 0 Å². The van der Waals surface area contributed by atoms with Gasteiger partial charge in [0.2, 0.25) is 0 Å². The molecule has 0 atom stereocenters. The third-order valence-electron chi connectivity index (χ3n) is 3.56. The van der Waals surface area contributed by atoms with E-state index in [4.69, 9.17) is 11.6 Å². The highest BCUT2D eigenvalue weighted by atomic mass is 35.5. The molecule has 0 fully saturated rings. The Balaban J connectivity index is 2.18. The van der Waals surface area contributed by atoms with Crippen molar-refractivity contribution < 1.29 is 0 Å². The summed E-state index contributed by atoms with van der Waals surface area (Å²) in [5.74, 6) is 0. The van der Waals surface area contributed by atoms with Gasteiger partial charge in [0.15, 0.2) is 0 Å². The predicted octanol–water partition coefficient (Wildman–Crippen LogP) is 3.07. The Morgan fingerprint density at radius 3 is 2.52 bits per heavy atom. The highest BCUT2D eigenvalue weighted by Gasteiger charge is 2.14. The molecule has 108 valence electrons. The smallest absolute Gasteiger partial charge is 0.298 e. The number of aryl methyl sites for hydroxylation is 2. The average molecular weight is 321 g/mol. The van der Waals surface area contributed by atoms with Gasteiger partial charge in [0.05, 0.1) is 11.9 Å². The average Bonchev–Trinajstić information content (AvgIpc) is 2.72. The van der Waals surface area contributed by atoms with Crippen LogP contribution < -0.4 is 11.2 Å². The van der Waals surface area contributed by atoms with Gasteiger partial charge in [-0.2, -0.15) is 0 Å². The Morgan fingerprint density at radius 2 is 1.86 bits per heavy atom. The van der Waals surface area contributed by atoms with Crippen molar-refractivity contribution in [1.82, 2.24) is 9.55 Å². The fourth-order valence-corrected chi connectivity index (χ4v) is 3.45. The Kier molecular flexibility index (Phi) is 3.47. The zero-order valence-corrected chi connectivity index (χ0v) is 13.1. The van der Waals surface area contributed by atoms with E-state index in [2.05, 4.69) is 4.98 Å². The molecule has 0 saturated carbocycles. The maximum absolute atomic E-state index is 12.6. The fourth-order valence-electron chi connectivity index (χ4n) is 2.28. The van der Waals surface area contributed by atoms with Gasteiger partial charge >= 0.3 is 5.69 Å².